The molecule has 7 heteroatoms. The van der Waals surface area contributed by atoms with Crippen molar-refractivity contribution >= 4 is 46.5 Å². The molecule has 0 bridgehead atoms. The summed E-state index contributed by atoms with van der Waals surface area (Å²) in [7, 11) is 1.79. The molecule has 25 heavy (non-hydrogen) atoms. The molecule has 0 saturated heterocycles. The van der Waals surface area contributed by atoms with E-state index in [0.29, 0.717) is 38.7 Å². The Morgan fingerprint density at radius 3 is 2.40 bits per heavy atom. The van der Waals surface area contributed by atoms with Crippen molar-refractivity contribution in [3.05, 3.63) is 51.5 Å². The zero-order valence-corrected chi connectivity index (χ0v) is 16.2. The number of rotatable bonds is 7. The number of hydrogen-bond donors (Lipinski definition) is 0. The highest BCUT2D eigenvalue weighted by atomic mass is 35.5. The maximum absolute atomic E-state index is 11.6. The van der Waals surface area contributed by atoms with Crippen molar-refractivity contribution in [1.82, 2.24) is 0 Å². The first kappa shape index (κ1) is 19.7. The van der Waals surface area contributed by atoms with Crippen molar-refractivity contribution in [2.24, 2.45) is 0 Å². The van der Waals surface area contributed by atoms with E-state index in [1.165, 1.54) is 0 Å². The number of esters is 1. The van der Waals surface area contributed by atoms with Crippen LogP contribution < -0.4 is 9.64 Å². The lowest BCUT2D eigenvalue weighted by Crippen LogP contribution is -2.23. The average molecular weight is 403 g/mol. The predicted molar refractivity (Wildman–Crippen MR) is 102 cm³/mol. The Morgan fingerprint density at radius 1 is 1.04 bits per heavy atom. The van der Waals surface area contributed by atoms with Crippen LogP contribution in [0.4, 0.5) is 5.69 Å². The lowest BCUT2D eigenvalue weighted by Gasteiger charge is -2.22. The number of ether oxygens (including phenoxy) is 2. The minimum absolute atomic E-state index is 0.102. The van der Waals surface area contributed by atoms with Crippen LogP contribution in [0.25, 0.3) is 0 Å². The molecule has 0 spiro atoms. The summed E-state index contributed by atoms with van der Waals surface area (Å²) in [5, 5.41) is 1.42. The molecule has 4 nitrogen and oxygen atoms in total. The summed E-state index contributed by atoms with van der Waals surface area (Å²) in [6, 6.07) is 10.2. The predicted octanol–water partition coefficient (Wildman–Crippen LogP) is 6.18. The molecule has 0 aliphatic heterocycles. The third-order valence-electron chi connectivity index (χ3n) is 3.32. The van der Waals surface area contributed by atoms with Gasteiger partial charge in [-0.15, -0.1) is 0 Å². The number of benzene rings is 2. The Morgan fingerprint density at radius 2 is 1.72 bits per heavy atom. The number of hydrogen-bond acceptors (Lipinski definition) is 4. The lowest BCUT2D eigenvalue weighted by atomic mass is 10.2. The number of halogens is 3. The van der Waals surface area contributed by atoms with Gasteiger partial charge in [0, 0.05) is 29.6 Å². The van der Waals surface area contributed by atoms with Crippen molar-refractivity contribution in [1.29, 1.82) is 0 Å². The Balaban J connectivity index is 2.20. The summed E-state index contributed by atoms with van der Waals surface area (Å²) in [5.74, 6) is 0.697. The first-order valence-corrected chi connectivity index (χ1v) is 8.83. The standard InChI is InChI=1S/C18H18Cl3NO3/c1-3-4-18(23)24-11-22(2)15-7-5-13(20)10-17(15)25-16-8-6-12(19)9-14(16)21/h5-10H,3-4,11H2,1-2H3. The summed E-state index contributed by atoms with van der Waals surface area (Å²) in [4.78, 5) is 13.3. The van der Waals surface area contributed by atoms with Crippen LogP contribution in [0.1, 0.15) is 19.8 Å². The molecule has 0 atom stereocenters. The Bertz CT molecular complexity index is 752. The van der Waals surface area contributed by atoms with Gasteiger partial charge in [0.25, 0.3) is 0 Å². The fourth-order valence-electron chi connectivity index (χ4n) is 2.08. The van der Waals surface area contributed by atoms with Crippen LogP contribution in [0.5, 0.6) is 11.5 Å². The molecule has 0 aliphatic carbocycles. The van der Waals surface area contributed by atoms with Crippen LogP contribution in [0.15, 0.2) is 36.4 Å². The van der Waals surface area contributed by atoms with Crippen LogP contribution in [0, 0.1) is 0 Å². The molecule has 0 N–H and O–H groups in total. The molecule has 0 unspecified atom stereocenters. The van der Waals surface area contributed by atoms with Gasteiger partial charge in [-0.25, -0.2) is 0 Å². The highest BCUT2D eigenvalue weighted by Crippen LogP contribution is 2.37. The second-order valence-corrected chi connectivity index (χ2v) is 6.66. The monoisotopic (exact) mass is 401 g/mol. The van der Waals surface area contributed by atoms with E-state index < -0.39 is 0 Å². The van der Waals surface area contributed by atoms with Crippen LogP contribution >= 0.6 is 34.8 Å². The molecule has 2 aromatic carbocycles. The van der Waals surface area contributed by atoms with Crippen molar-refractivity contribution in [3.8, 4) is 11.5 Å². The molecule has 0 aliphatic rings. The minimum atomic E-state index is -0.244. The molecule has 0 amide bonds. The van der Waals surface area contributed by atoms with E-state index in [1.54, 1.807) is 48.3 Å². The average Bonchev–Trinajstić information content (AvgIpc) is 2.56. The van der Waals surface area contributed by atoms with Crippen LogP contribution in [0.2, 0.25) is 15.1 Å². The Labute approximate surface area is 162 Å². The van der Waals surface area contributed by atoms with E-state index >= 15 is 0 Å². The maximum Gasteiger partial charge on any atom is 0.307 e. The van der Waals surface area contributed by atoms with E-state index in [1.807, 2.05) is 6.92 Å². The normalized spacial score (nSPS) is 10.4. The molecular weight excluding hydrogens is 385 g/mol. The van der Waals surface area contributed by atoms with Gasteiger partial charge in [-0.2, -0.15) is 0 Å². The van der Waals surface area contributed by atoms with Crippen molar-refractivity contribution in [3.63, 3.8) is 0 Å². The van der Waals surface area contributed by atoms with Crippen LogP contribution in [0.3, 0.4) is 0 Å². The van der Waals surface area contributed by atoms with Gasteiger partial charge in [0.05, 0.1) is 10.7 Å². The quantitative estimate of drug-likeness (QED) is 0.409. The molecule has 0 saturated carbocycles. The first-order valence-electron chi connectivity index (χ1n) is 7.70. The van der Waals surface area contributed by atoms with Gasteiger partial charge in [-0.05, 0) is 36.8 Å². The van der Waals surface area contributed by atoms with Crippen LogP contribution in [-0.2, 0) is 9.53 Å². The highest BCUT2D eigenvalue weighted by Gasteiger charge is 2.14. The van der Waals surface area contributed by atoms with E-state index in [4.69, 9.17) is 44.3 Å². The molecule has 134 valence electrons. The van der Waals surface area contributed by atoms with Gasteiger partial charge in [-0.1, -0.05) is 41.7 Å². The fraction of sp³-hybridized carbons (Fsp3) is 0.278. The van der Waals surface area contributed by atoms with E-state index in [9.17, 15) is 4.79 Å². The van der Waals surface area contributed by atoms with Crippen molar-refractivity contribution in [2.75, 3.05) is 18.7 Å². The van der Waals surface area contributed by atoms with Crippen molar-refractivity contribution < 1.29 is 14.3 Å². The summed E-state index contributed by atoms with van der Waals surface area (Å²) in [6.45, 7) is 2.02. The molecule has 0 fully saturated rings. The number of carbonyl (C=O) groups is 1. The second kappa shape index (κ2) is 9.18. The zero-order valence-electron chi connectivity index (χ0n) is 13.9. The fourth-order valence-corrected chi connectivity index (χ4v) is 2.69. The molecule has 2 aromatic rings. The Hall–Kier alpha value is -1.62. The van der Waals surface area contributed by atoms with E-state index in [2.05, 4.69) is 0 Å². The maximum atomic E-state index is 11.6. The van der Waals surface area contributed by atoms with Gasteiger partial charge in [0.2, 0.25) is 0 Å². The van der Waals surface area contributed by atoms with Gasteiger partial charge in [0.1, 0.15) is 5.75 Å². The van der Waals surface area contributed by atoms with Gasteiger partial charge in [0.15, 0.2) is 12.5 Å². The third kappa shape index (κ3) is 5.70. The first-order chi connectivity index (χ1) is 11.9. The summed E-state index contributed by atoms with van der Waals surface area (Å²) in [6.07, 6.45) is 1.13. The topological polar surface area (TPSA) is 38.8 Å². The van der Waals surface area contributed by atoms with E-state index in [-0.39, 0.29) is 12.7 Å². The van der Waals surface area contributed by atoms with E-state index in [0.717, 1.165) is 6.42 Å². The molecular formula is C18H18Cl3NO3. The largest absolute Gasteiger partial charge is 0.454 e. The zero-order chi connectivity index (χ0) is 18.4. The van der Waals surface area contributed by atoms with Gasteiger partial charge >= 0.3 is 5.97 Å². The summed E-state index contributed by atoms with van der Waals surface area (Å²) < 4.78 is 11.1. The number of carbonyl (C=O) groups excluding carboxylic acids is 1. The highest BCUT2D eigenvalue weighted by molar-refractivity contribution is 6.35. The van der Waals surface area contributed by atoms with Gasteiger partial charge < -0.3 is 14.4 Å². The summed E-state index contributed by atoms with van der Waals surface area (Å²) >= 11 is 18.2. The molecule has 0 radical (unpaired) electrons. The smallest absolute Gasteiger partial charge is 0.307 e. The van der Waals surface area contributed by atoms with Gasteiger partial charge in [-0.3, -0.25) is 4.79 Å². The minimum Gasteiger partial charge on any atom is -0.454 e. The molecule has 0 aromatic heterocycles. The third-order valence-corrected chi connectivity index (χ3v) is 4.09. The molecule has 0 heterocycles. The molecule has 2 rings (SSSR count). The number of anilines is 1. The summed E-state index contributed by atoms with van der Waals surface area (Å²) in [5.41, 5.74) is 0.708. The van der Waals surface area contributed by atoms with Crippen molar-refractivity contribution in [2.45, 2.75) is 19.8 Å². The Kier molecular flexibility index (Phi) is 7.24. The van der Waals surface area contributed by atoms with Crippen LogP contribution in [-0.4, -0.2) is 19.7 Å². The number of nitrogens with zero attached hydrogens (tertiary/aromatic N) is 1. The SMILES string of the molecule is CCCC(=O)OCN(C)c1ccc(Cl)cc1Oc1ccc(Cl)cc1Cl. The lowest BCUT2D eigenvalue weighted by molar-refractivity contribution is -0.143. The second-order valence-electron chi connectivity index (χ2n) is 5.38.